The molecule has 1 saturated heterocycles. The van der Waals surface area contributed by atoms with Crippen LogP contribution in [-0.4, -0.2) is 32.3 Å². The molecule has 3 aromatic rings. The molecular formula is C17H16N4O2S. The minimum absolute atomic E-state index is 0.0389. The van der Waals surface area contributed by atoms with Crippen LogP contribution in [0.25, 0.3) is 10.9 Å². The Hall–Kier alpha value is -2.54. The maximum Gasteiger partial charge on any atom is 0.290 e. The normalized spacial score (nSPS) is 18.0. The minimum atomic E-state index is -0.285. The van der Waals surface area contributed by atoms with Gasteiger partial charge in [-0.15, -0.1) is 11.3 Å². The smallest absolute Gasteiger partial charge is 0.290 e. The number of nitrogens with zero attached hydrogens (tertiary/aromatic N) is 3. The van der Waals surface area contributed by atoms with Gasteiger partial charge < -0.3 is 9.88 Å². The van der Waals surface area contributed by atoms with Crippen molar-refractivity contribution in [3.05, 3.63) is 57.0 Å². The Kier molecular flexibility index (Phi) is 3.86. The van der Waals surface area contributed by atoms with Gasteiger partial charge in [0.1, 0.15) is 5.01 Å². The number of rotatable bonds is 2. The quantitative estimate of drug-likeness (QED) is 0.778. The van der Waals surface area contributed by atoms with Gasteiger partial charge in [-0.25, -0.2) is 9.97 Å². The largest absolute Gasteiger partial charge is 0.327 e. The molecule has 122 valence electrons. The van der Waals surface area contributed by atoms with Gasteiger partial charge in [-0.1, -0.05) is 12.1 Å². The van der Waals surface area contributed by atoms with E-state index in [1.165, 1.54) is 0 Å². The van der Waals surface area contributed by atoms with Crippen LogP contribution in [0.2, 0.25) is 0 Å². The van der Waals surface area contributed by atoms with E-state index in [1.54, 1.807) is 40.6 Å². The average Bonchev–Trinajstić information content (AvgIpc) is 3.15. The second-order valence-electron chi connectivity index (χ2n) is 5.81. The molecule has 7 heteroatoms. The van der Waals surface area contributed by atoms with Gasteiger partial charge in [0.15, 0.2) is 5.82 Å². The van der Waals surface area contributed by atoms with E-state index in [0.29, 0.717) is 17.4 Å². The summed E-state index contributed by atoms with van der Waals surface area (Å²) in [6, 6.07) is 7.00. The lowest BCUT2D eigenvalue weighted by atomic mass is 10.0. The number of H-pyrrole nitrogens is 1. The van der Waals surface area contributed by atoms with Crippen molar-refractivity contribution in [1.82, 2.24) is 19.9 Å². The number of carbonyl (C=O) groups excluding carboxylic acids is 1. The highest BCUT2D eigenvalue weighted by molar-refractivity contribution is 7.09. The number of nitrogens with one attached hydrogen (secondary N) is 1. The number of carbonyl (C=O) groups is 1. The van der Waals surface area contributed by atoms with Crippen molar-refractivity contribution in [1.29, 1.82) is 0 Å². The SMILES string of the molecule is O=C(c1nc2ccccc2c(=O)[nH]1)N1CCCC[C@H]1c1nccs1. The fourth-order valence-corrected chi connectivity index (χ4v) is 3.94. The molecule has 1 aliphatic rings. The van der Waals surface area contributed by atoms with Crippen LogP contribution in [0, 0.1) is 0 Å². The van der Waals surface area contributed by atoms with E-state index < -0.39 is 0 Å². The van der Waals surface area contributed by atoms with Crippen LogP contribution in [0.1, 0.15) is 40.9 Å². The third-order valence-electron chi connectivity index (χ3n) is 4.32. The third-order valence-corrected chi connectivity index (χ3v) is 5.19. The molecule has 2 aromatic heterocycles. The zero-order chi connectivity index (χ0) is 16.5. The first-order valence-electron chi connectivity index (χ1n) is 7.93. The number of aromatic nitrogens is 3. The topological polar surface area (TPSA) is 79.0 Å². The molecule has 1 N–H and O–H groups in total. The number of likely N-dealkylation sites (tertiary alicyclic amines) is 1. The Balaban J connectivity index is 1.73. The standard InChI is InChI=1S/C17H16N4O2S/c22-15-11-5-1-2-6-12(11)19-14(20-15)17(23)21-9-4-3-7-13(21)16-18-8-10-24-16/h1-2,5-6,8,10,13H,3-4,7,9H2,(H,19,20,22)/t13-/m0/s1. The van der Waals surface area contributed by atoms with Crippen LogP contribution in [0.4, 0.5) is 0 Å². The molecule has 1 aliphatic heterocycles. The maximum absolute atomic E-state index is 13.0. The number of thiazole rings is 1. The van der Waals surface area contributed by atoms with Crippen LogP contribution >= 0.6 is 11.3 Å². The summed E-state index contributed by atoms with van der Waals surface area (Å²) >= 11 is 1.55. The highest BCUT2D eigenvalue weighted by Gasteiger charge is 2.31. The van der Waals surface area contributed by atoms with E-state index in [4.69, 9.17) is 0 Å². The van der Waals surface area contributed by atoms with E-state index in [2.05, 4.69) is 15.0 Å². The number of amides is 1. The van der Waals surface area contributed by atoms with Crippen molar-refractivity contribution in [2.75, 3.05) is 6.54 Å². The Morgan fingerprint density at radius 3 is 3.00 bits per heavy atom. The zero-order valence-electron chi connectivity index (χ0n) is 12.9. The molecule has 0 spiro atoms. The molecule has 0 aliphatic carbocycles. The van der Waals surface area contributed by atoms with Gasteiger partial charge in [-0.3, -0.25) is 9.59 Å². The van der Waals surface area contributed by atoms with Crippen LogP contribution in [0.3, 0.4) is 0 Å². The van der Waals surface area contributed by atoms with Crippen molar-refractivity contribution >= 4 is 28.1 Å². The van der Waals surface area contributed by atoms with Crippen molar-refractivity contribution in [3.63, 3.8) is 0 Å². The summed E-state index contributed by atoms with van der Waals surface area (Å²) in [4.78, 5) is 38.3. The number of hydrogen-bond donors (Lipinski definition) is 1. The number of piperidine rings is 1. The van der Waals surface area contributed by atoms with E-state index in [0.717, 1.165) is 24.3 Å². The molecule has 0 saturated carbocycles. The van der Waals surface area contributed by atoms with Gasteiger partial charge in [-0.05, 0) is 31.4 Å². The van der Waals surface area contributed by atoms with E-state index in [-0.39, 0.29) is 23.3 Å². The molecule has 1 aromatic carbocycles. The molecule has 0 radical (unpaired) electrons. The Morgan fingerprint density at radius 1 is 1.29 bits per heavy atom. The molecule has 1 fully saturated rings. The van der Waals surface area contributed by atoms with Crippen molar-refractivity contribution in [2.45, 2.75) is 25.3 Å². The monoisotopic (exact) mass is 340 g/mol. The number of aromatic amines is 1. The van der Waals surface area contributed by atoms with E-state index in [1.807, 2.05) is 11.4 Å². The van der Waals surface area contributed by atoms with Crippen LogP contribution in [0.15, 0.2) is 40.6 Å². The van der Waals surface area contributed by atoms with Crippen LogP contribution in [-0.2, 0) is 0 Å². The minimum Gasteiger partial charge on any atom is -0.327 e. The fraction of sp³-hybridized carbons (Fsp3) is 0.294. The van der Waals surface area contributed by atoms with E-state index >= 15 is 0 Å². The summed E-state index contributed by atoms with van der Waals surface area (Å²) in [6.07, 6.45) is 4.66. The summed E-state index contributed by atoms with van der Waals surface area (Å²) in [5, 5.41) is 3.35. The van der Waals surface area contributed by atoms with Crippen molar-refractivity contribution < 1.29 is 4.79 Å². The maximum atomic E-state index is 13.0. The second-order valence-corrected chi connectivity index (χ2v) is 6.74. The number of hydrogen-bond acceptors (Lipinski definition) is 5. The van der Waals surface area contributed by atoms with E-state index in [9.17, 15) is 9.59 Å². The lowest BCUT2D eigenvalue weighted by molar-refractivity contribution is 0.0598. The molecule has 4 rings (SSSR count). The number of para-hydroxylation sites is 1. The lowest BCUT2D eigenvalue weighted by Gasteiger charge is -2.34. The first kappa shape index (κ1) is 15.0. The van der Waals surface area contributed by atoms with Gasteiger partial charge in [0.05, 0.1) is 16.9 Å². The van der Waals surface area contributed by atoms with Gasteiger partial charge in [0, 0.05) is 18.1 Å². The molecule has 3 heterocycles. The summed E-state index contributed by atoms with van der Waals surface area (Å²) in [6.45, 7) is 0.652. The number of benzene rings is 1. The lowest BCUT2D eigenvalue weighted by Crippen LogP contribution is -2.40. The summed E-state index contributed by atoms with van der Waals surface area (Å²) in [5.41, 5.74) is 0.249. The Morgan fingerprint density at radius 2 is 2.17 bits per heavy atom. The number of fused-ring (bicyclic) bond motifs is 1. The molecule has 24 heavy (non-hydrogen) atoms. The first-order valence-corrected chi connectivity index (χ1v) is 8.81. The van der Waals surface area contributed by atoms with Crippen LogP contribution < -0.4 is 5.56 Å². The highest BCUT2D eigenvalue weighted by Crippen LogP contribution is 2.32. The van der Waals surface area contributed by atoms with Gasteiger partial charge in [-0.2, -0.15) is 0 Å². The summed E-state index contributed by atoms with van der Waals surface area (Å²) < 4.78 is 0. The first-order chi connectivity index (χ1) is 11.7. The van der Waals surface area contributed by atoms with Gasteiger partial charge >= 0.3 is 0 Å². The van der Waals surface area contributed by atoms with Crippen LogP contribution in [0.5, 0.6) is 0 Å². The Bertz CT molecular complexity index is 935. The predicted molar refractivity (Wildman–Crippen MR) is 92.1 cm³/mol. The average molecular weight is 340 g/mol. The summed E-state index contributed by atoms with van der Waals surface area (Å²) in [5.74, 6) is -0.139. The Labute approximate surface area is 142 Å². The molecule has 0 unspecified atom stereocenters. The fourth-order valence-electron chi connectivity index (χ4n) is 3.15. The second kappa shape index (κ2) is 6.16. The molecule has 0 bridgehead atoms. The van der Waals surface area contributed by atoms with Gasteiger partial charge in [0.2, 0.25) is 0 Å². The summed E-state index contributed by atoms with van der Waals surface area (Å²) in [7, 11) is 0. The molecular weight excluding hydrogens is 324 g/mol. The van der Waals surface area contributed by atoms with Crippen molar-refractivity contribution in [2.24, 2.45) is 0 Å². The molecule has 6 nitrogen and oxygen atoms in total. The highest BCUT2D eigenvalue weighted by atomic mass is 32.1. The zero-order valence-corrected chi connectivity index (χ0v) is 13.8. The van der Waals surface area contributed by atoms with Gasteiger partial charge in [0.25, 0.3) is 11.5 Å². The predicted octanol–water partition coefficient (Wildman–Crippen LogP) is 2.75. The molecule has 1 atom stereocenters. The third kappa shape index (κ3) is 2.60. The van der Waals surface area contributed by atoms with Crippen molar-refractivity contribution in [3.8, 4) is 0 Å². The molecule has 1 amide bonds.